The zero-order valence-electron chi connectivity index (χ0n) is 19.6. The highest BCUT2D eigenvalue weighted by molar-refractivity contribution is 6.31. The van der Waals surface area contributed by atoms with Crippen molar-refractivity contribution in [1.82, 2.24) is 0 Å². The number of ether oxygens (including phenoxy) is 3. The molecule has 0 heterocycles. The first-order valence-electron chi connectivity index (χ1n) is 10.8. The quantitative estimate of drug-likeness (QED) is 0.349. The van der Waals surface area contributed by atoms with Crippen molar-refractivity contribution in [3.63, 3.8) is 0 Å². The molecular weight excluding hydrogens is 476 g/mol. The van der Waals surface area contributed by atoms with E-state index >= 15 is 0 Å². The smallest absolute Gasteiger partial charge is 0.303 e. The van der Waals surface area contributed by atoms with E-state index < -0.39 is 65.2 Å². The van der Waals surface area contributed by atoms with Crippen molar-refractivity contribution in [2.24, 2.45) is 5.11 Å². The van der Waals surface area contributed by atoms with Crippen molar-refractivity contribution in [3.8, 4) is 5.75 Å². The van der Waals surface area contributed by atoms with Crippen LogP contribution in [0.5, 0.6) is 5.75 Å². The molecule has 12 heteroatoms. The Balaban J connectivity index is 2.07. The molecular formula is C24H21N2O10-. The molecule has 4 rings (SSSR count). The molecule has 36 heavy (non-hydrogen) atoms. The van der Waals surface area contributed by atoms with Crippen LogP contribution in [0.1, 0.15) is 48.4 Å². The number of fused-ring (bicyclic) bond motifs is 2. The number of benzene rings is 1. The maximum Gasteiger partial charge on any atom is 0.303 e. The van der Waals surface area contributed by atoms with Crippen LogP contribution in [0.15, 0.2) is 45.6 Å². The number of aromatic hydroxyl groups is 1. The molecule has 0 spiro atoms. The number of aliphatic hydroxyl groups is 1. The number of ketones is 2. The van der Waals surface area contributed by atoms with Crippen molar-refractivity contribution in [3.05, 3.63) is 57.1 Å². The third kappa shape index (κ3) is 3.52. The zero-order valence-corrected chi connectivity index (χ0v) is 19.6. The maximum atomic E-state index is 13.7. The molecule has 1 aromatic carbocycles. The van der Waals surface area contributed by atoms with Gasteiger partial charge in [0.15, 0.2) is 29.9 Å². The van der Waals surface area contributed by atoms with Crippen molar-refractivity contribution >= 4 is 29.5 Å². The molecule has 0 aromatic heterocycles. The van der Waals surface area contributed by atoms with Gasteiger partial charge in [0, 0.05) is 48.6 Å². The number of nitrogens with zero attached hydrogens (tertiary/aromatic N) is 2. The summed E-state index contributed by atoms with van der Waals surface area (Å²) in [4.78, 5) is 63.2. The topological polar surface area (TPSA) is 188 Å². The van der Waals surface area contributed by atoms with E-state index in [0.717, 1.165) is 27.7 Å². The van der Waals surface area contributed by atoms with Crippen LogP contribution in [0.3, 0.4) is 0 Å². The van der Waals surface area contributed by atoms with Gasteiger partial charge < -0.3 is 35.1 Å². The minimum atomic E-state index is -2.27. The standard InChI is InChI=1S/C24H21N2O10/c1-8(27)34-21-15-14-16(20(32)13-11(19(14)31)6-5-7-12(13)30)18(26-25)17(15)22(35-9(2)28)24(4,33)23(21)36-10(3)29/h5-7,18,21-23,30,33H,1-4H3/q-1/t18?,21-,22+,23+,24+/m0/s1. The molecule has 12 nitrogen and oxygen atoms in total. The number of rotatable bonds is 4. The Bertz CT molecular complexity index is 1320. The Hall–Kier alpha value is -4.19. The number of Topliss-reactive ketones (excluding diaryl/α,β-unsaturated/α-hetero) is 2. The van der Waals surface area contributed by atoms with Crippen LogP contribution >= 0.6 is 0 Å². The molecule has 3 aliphatic rings. The highest BCUT2D eigenvalue weighted by Crippen LogP contribution is 2.52. The van der Waals surface area contributed by atoms with E-state index in [1.165, 1.54) is 18.2 Å². The van der Waals surface area contributed by atoms with Gasteiger partial charge in [-0.25, -0.2) is 0 Å². The lowest BCUT2D eigenvalue weighted by molar-refractivity contribution is -0.207. The van der Waals surface area contributed by atoms with Crippen LogP contribution in [-0.4, -0.2) is 69.6 Å². The lowest BCUT2D eigenvalue weighted by atomic mass is 9.73. The molecule has 3 aliphatic carbocycles. The van der Waals surface area contributed by atoms with Crippen LogP contribution in [0, 0.1) is 0 Å². The van der Waals surface area contributed by atoms with Gasteiger partial charge in [0.2, 0.25) is 0 Å². The minimum Gasteiger partial charge on any atom is -0.711 e. The number of hydrogen-bond acceptors (Lipinski definition) is 11. The first kappa shape index (κ1) is 24.9. The lowest BCUT2D eigenvalue weighted by Gasteiger charge is -2.46. The molecule has 5 atom stereocenters. The fraction of sp³-hybridized carbons (Fsp3) is 0.375. The monoisotopic (exact) mass is 497 g/mol. The first-order valence-corrected chi connectivity index (χ1v) is 10.8. The normalized spacial score (nSPS) is 28.7. The number of esters is 3. The fourth-order valence-electron chi connectivity index (χ4n) is 5.09. The number of carbonyl (C=O) groups excluding carboxylic acids is 5. The highest BCUT2D eigenvalue weighted by atomic mass is 16.6. The highest BCUT2D eigenvalue weighted by Gasteiger charge is 2.62. The summed E-state index contributed by atoms with van der Waals surface area (Å²) < 4.78 is 16.0. The van der Waals surface area contributed by atoms with Crippen LogP contribution < -0.4 is 0 Å². The second kappa shape index (κ2) is 8.48. The van der Waals surface area contributed by atoms with Crippen LogP contribution in [0.2, 0.25) is 0 Å². The zero-order chi connectivity index (χ0) is 26.7. The van der Waals surface area contributed by atoms with Gasteiger partial charge in [-0.15, -0.1) is 0 Å². The molecule has 1 aromatic rings. The predicted octanol–water partition coefficient (Wildman–Crippen LogP) is 1.33. The average molecular weight is 497 g/mol. The molecule has 0 radical (unpaired) electrons. The van der Waals surface area contributed by atoms with E-state index in [0.29, 0.717) is 0 Å². The molecule has 0 aliphatic heterocycles. The van der Waals surface area contributed by atoms with Gasteiger partial charge in [0.05, 0.1) is 11.6 Å². The third-order valence-corrected chi connectivity index (χ3v) is 6.34. The summed E-state index contributed by atoms with van der Waals surface area (Å²) in [6.45, 7) is 4.25. The predicted molar refractivity (Wildman–Crippen MR) is 118 cm³/mol. The molecule has 0 fully saturated rings. The van der Waals surface area contributed by atoms with Crippen molar-refractivity contribution in [2.75, 3.05) is 0 Å². The Kier molecular flexibility index (Phi) is 5.87. The first-order chi connectivity index (χ1) is 16.8. The van der Waals surface area contributed by atoms with Gasteiger partial charge in [-0.05, 0) is 13.0 Å². The van der Waals surface area contributed by atoms with E-state index in [-0.39, 0.29) is 33.4 Å². The Labute approximate surface area is 204 Å². The Morgan fingerprint density at radius 1 is 0.972 bits per heavy atom. The van der Waals surface area contributed by atoms with Gasteiger partial charge in [-0.1, -0.05) is 12.1 Å². The van der Waals surface area contributed by atoms with Gasteiger partial charge in [-0.2, -0.15) is 0 Å². The van der Waals surface area contributed by atoms with Crippen molar-refractivity contribution in [2.45, 2.75) is 57.6 Å². The van der Waals surface area contributed by atoms with Crippen LogP contribution in [-0.2, 0) is 28.6 Å². The summed E-state index contributed by atoms with van der Waals surface area (Å²) in [5, 5.41) is 25.0. The van der Waals surface area contributed by atoms with Gasteiger partial charge in [0.1, 0.15) is 11.4 Å². The Morgan fingerprint density at radius 3 is 2.14 bits per heavy atom. The van der Waals surface area contributed by atoms with Gasteiger partial charge >= 0.3 is 17.9 Å². The van der Waals surface area contributed by atoms with Crippen molar-refractivity contribution in [1.29, 1.82) is 0 Å². The lowest BCUT2D eigenvalue weighted by Crippen LogP contribution is -2.63. The van der Waals surface area contributed by atoms with E-state index in [4.69, 9.17) is 14.2 Å². The summed E-state index contributed by atoms with van der Waals surface area (Å²) in [5.41, 5.74) is 6.11. The molecule has 0 bridgehead atoms. The Morgan fingerprint density at radius 2 is 1.58 bits per heavy atom. The third-order valence-electron chi connectivity index (χ3n) is 6.34. The summed E-state index contributed by atoms with van der Waals surface area (Å²) in [6.07, 6.45) is -5.03. The maximum absolute atomic E-state index is 13.7. The second-order valence-corrected chi connectivity index (χ2v) is 8.81. The van der Waals surface area contributed by atoms with Crippen LogP contribution in [0.4, 0.5) is 0 Å². The number of hydrogen-bond donors (Lipinski definition) is 2. The minimum absolute atomic E-state index is 0.170. The molecule has 0 saturated carbocycles. The van der Waals surface area contributed by atoms with Crippen molar-refractivity contribution < 1.29 is 48.4 Å². The summed E-state index contributed by atoms with van der Waals surface area (Å²) in [5.74, 6) is -4.79. The molecule has 0 amide bonds. The number of phenolic OH excluding ortho intramolecular Hbond substituents is 1. The van der Waals surface area contributed by atoms with E-state index in [2.05, 4.69) is 5.11 Å². The summed E-state index contributed by atoms with van der Waals surface area (Å²) >= 11 is 0. The second-order valence-electron chi connectivity index (χ2n) is 8.81. The van der Waals surface area contributed by atoms with E-state index in [1.54, 1.807) is 0 Å². The fourth-order valence-corrected chi connectivity index (χ4v) is 5.09. The van der Waals surface area contributed by atoms with E-state index in [1.807, 2.05) is 0 Å². The average Bonchev–Trinajstić information content (AvgIpc) is 3.12. The number of phenols is 1. The molecule has 1 unspecified atom stereocenters. The SMILES string of the molecule is CC(=O)O[C@@H]1C2=C(C3=C(C(=O)c4c(O)cccc4C3=O)C2N=[N-])[C@H](OC(C)=O)[C@@H](OC(C)=O)[C@]1(C)O. The molecule has 188 valence electrons. The molecule has 2 N–H and O–H groups in total. The summed E-state index contributed by atoms with van der Waals surface area (Å²) in [6, 6.07) is 2.22. The van der Waals surface area contributed by atoms with E-state index in [9.17, 15) is 39.7 Å². The van der Waals surface area contributed by atoms with Crippen LogP contribution in [0.25, 0.3) is 5.53 Å². The number of carbonyl (C=O) groups is 5. The van der Waals surface area contributed by atoms with Gasteiger partial charge in [0.25, 0.3) is 0 Å². The van der Waals surface area contributed by atoms with Gasteiger partial charge in [-0.3, -0.25) is 24.0 Å². The summed E-state index contributed by atoms with van der Waals surface area (Å²) in [7, 11) is 0. The largest absolute Gasteiger partial charge is 0.711 e. The molecule has 0 saturated heterocycles.